The monoisotopic (exact) mass is 267 g/mol. The zero-order valence-corrected chi connectivity index (χ0v) is 11.5. The van der Waals surface area contributed by atoms with Crippen LogP contribution in [0.4, 0.5) is 0 Å². The molecule has 0 saturated carbocycles. The molecule has 98 valence electrons. The summed E-state index contributed by atoms with van der Waals surface area (Å²) in [5.74, 6) is 0.132. The Morgan fingerprint density at radius 2 is 2.06 bits per heavy atom. The van der Waals surface area contributed by atoms with Crippen LogP contribution in [0.5, 0.6) is 0 Å². The third kappa shape index (κ3) is 3.31. The highest BCUT2D eigenvalue weighted by Gasteiger charge is 2.25. The maximum atomic E-state index is 12.2. The number of carbonyl (C=O) groups is 1. The maximum absolute atomic E-state index is 12.2. The highest BCUT2D eigenvalue weighted by Crippen LogP contribution is 2.14. The molecule has 1 heterocycles. The van der Waals surface area contributed by atoms with Crippen molar-refractivity contribution < 1.29 is 9.53 Å². The number of Topliss-reactive ketones (excluding diaryl/α,β-unsaturated/α-hetero) is 1. The van der Waals surface area contributed by atoms with E-state index in [0.717, 1.165) is 6.54 Å². The van der Waals surface area contributed by atoms with Gasteiger partial charge in [-0.05, 0) is 38.1 Å². The van der Waals surface area contributed by atoms with Crippen molar-refractivity contribution in [3.05, 3.63) is 34.9 Å². The Bertz CT molecular complexity index is 418. The summed E-state index contributed by atoms with van der Waals surface area (Å²) < 4.78 is 5.55. The Kier molecular flexibility index (Phi) is 4.38. The van der Waals surface area contributed by atoms with Gasteiger partial charge in [-0.3, -0.25) is 9.69 Å². The molecular formula is C14H18ClNO2. The summed E-state index contributed by atoms with van der Waals surface area (Å²) in [7, 11) is 0. The average molecular weight is 268 g/mol. The van der Waals surface area contributed by atoms with Gasteiger partial charge in [0.1, 0.15) is 0 Å². The second-order valence-electron chi connectivity index (χ2n) is 4.85. The summed E-state index contributed by atoms with van der Waals surface area (Å²) in [6.45, 7) is 6.05. The van der Waals surface area contributed by atoms with Gasteiger partial charge in [0.2, 0.25) is 0 Å². The third-order valence-electron chi connectivity index (χ3n) is 3.25. The van der Waals surface area contributed by atoms with Crippen molar-refractivity contribution in [1.29, 1.82) is 0 Å². The fourth-order valence-corrected chi connectivity index (χ4v) is 2.23. The van der Waals surface area contributed by atoms with Gasteiger partial charge < -0.3 is 4.74 Å². The molecule has 3 nitrogen and oxygen atoms in total. The normalized spacial score (nSPS) is 25.1. The molecule has 18 heavy (non-hydrogen) atoms. The van der Waals surface area contributed by atoms with Gasteiger partial charge in [0, 0.05) is 23.2 Å². The molecule has 0 aliphatic carbocycles. The predicted molar refractivity (Wildman–Crippen MR) is 72.2 cm³/mol. The van der Waals surface area contributed by atoms with E-state index >= 15 is 0 Å². The summed E-state index contributed by atoms with van der Waals surface area (Å²) in [4.78, 5) is 14.3. The van der Waals surface area contributed by atoms with Crippen LogP contribution in [0.3, 0.4) is 0 Å². The van der Waals surface area contributed by atoms with Crippen molar-refractivity contribution in [2.24, 2.45) is 0 Å². The Hall–Kier alpha value is -0.900. The van der Waals surface area contributed by atoms with Crippen LogP contribution in [0, 0.1) is 0 Å². The minimum absolute atomic E-state index is 0.132. The van der Waals surface area contributed by atoms with E-state index < -0.39 is 0 Å². The van der Waals surface area contributed by atoms with E-state index in [2.05, 4.69) is 11.8 Å². The number of halogens is 1. The summed E-state index contributed by atoms with van der Waals surface area (Å²) in [5.41, 5.74) is 0.714. The van der Waals surface area contributed by atoms with E-state index in [9.17, 15) is 4.79 Å². The van der Waals surface area contributed by atoms with Gasteiger partial charge in [-0.15, -0.1) is 0 Å². The van der Waals surface area contributed by atoms with Crippen molar-refractivity contribution in [3.8, 4) is 0 Å². The Morgan fingerprint density at radius 1 is 1.39 bits per heavy atom. The first-order valence-electron chi connectivity index (χ1n) is 6.20. The smallest absolute Gasteiger partial charge is 0.176 e. The molecule has 1 saturated heterocycles. The fraction of sp³-hybridized carbons (Fsp3) is 0.500. The number of benzene rings is 1. The molecule has 1 aliphatic rings. The minimum atomic E-state index is 0.132. The number of ether oxygens (including phenoxy) is 1. The quantitative estimate of drug-likeness (QED) is 0.789. The van der Waals surface area contributed by atoms with Crippen molar-refractivity contribution in [1.82, 2.24) is 4.90 Å². The van der Waals surface area contributed by atoms with Crippen molar-refractivity contribution in [3.63, 3.8) is 0 Å². The molecule has 1 aromatic carbocycles. The van der Waals surface area contributed by atoms with Crippen LogP contribution in [-0.4, -0.2) is 42.5 Å². The molecule has 0 N–H and O–H groups in total. The van der Waals surface area contributed by atoms with E-state index in [1.807, 2.05) is 6.92 Å². The summed E-state index contributed by atoms with van der Waals surface area (Å²) in [6, 6.07) is 7.34. The number of carbonyl (C=O) groups excluding carboxylic acids is 1. The number of ketones is 1. The molecule has 0 amide bonds. The molecule has 0 radical (unpaired) electrons. The highest BCUT2D eigenvalue weighted by atomic mass is 35.5. The molecule has 4 heteroatoms. The van der Waals surface area contributed by atoms with E-state index in [-0.39, 0.29) is 17.9 Å². The molecule has 0 spiro atoms. The lowest BCUT2D eigenvalue weighted by Gasteiger charge is -2.36. The number of morpholine rings is 1. The van der Waals surface area contributed by atoms with Gasteiger partial charge in [0.25, 0.3) is 0 Å². The molecule has 2 unspecified atom stereocenters. The average Bonchev–Trinajstić information content (AvgIpc) is 2.34. The molecular weight excluding hydrogens is 250 g/mol. The van der Waals surface area contributed by atoms with Gasteiger partial charge in [0.05, 0.1) is 19.3 Å². The van der Waals surface area contributed by atoms with Crippen molar-refractivity contribution in [2.75, 3.05) is 19.7 Å². The Balaban J connectivity index is 2.00. The lowest BCUT2D eigenvalue weighted by molar-refractivity contribution is -0.0460. The second kappa shape index (κ2) is 5.83. The first-order valence-corrected chi connectivity index (χ1v) is 6.58. The SMILES string of the molecule is CC1CN(CC(=O)c2ccc(Cl)cc2)C(C)CO1. The van der Waals surface area contributed by atoms with Gasteiger partial charge in [0.15, 0.2) is 5.78 Å². The Morgan fingerprint density at radius 3 is 2.72 bits per heavy atom. The van der Waals surface area contributed by atoms with E-state index in [1.165, 1.54) is 0 Å². The van der Waals surface area contributed by atoms with Gasteiger partial charge in [-0.25, -0.2) is 0 Å². The van der Waals surface area contributed by atoms with Crippen LogP contribution in [0.15, 0.2) is 24.3 Å². The standard InChI is InChI=1S/C14H18ClNO2/c1-10-9-18-11(2)7-16(10)8-14(17)12-3-5-13(15)6-4-12/h3-6,10-11H,7-9H2,1-2H3. The van der Waals surface area contributed by atoms with Crippen LogP contribution in [0.2, 0.25) is 5.02 Å². The van der Waals surface area contributed by atoms with Crippen molar-refractivity contribution >= 4 is 17.4 Å². The lowest BCUT2D eigenvalue weighted by atomic mass is 10.1. The number of rotatable bonds is 3. The lowest BCUT2D eigenvalue weighted by Crippen LogP contribution is -2.49. The van der Waals surface area contributed by atoms with Gasteiger partial charge >= 0.3 is 0 Å². The molecule has 1 aliphatic heterocycles. The highest BCUT2D eigenvalue weighted by molar-refractivity contribution is 6.30. The first kappa shape index (κ1) is 13.5. The van der Waals surface area contributed by atoms with Crippen LogP contribution in [0.1, 0.15) is 24.2 Å². The zero-order valence-electron chi connectivity index (χ0n) is 10.7. The Labute approximate surface area is 113 Å². The van der Waals surface area contributed by atoms with Gasteiger partial charge in [-0.2, -0.15) is 0 Å². The molecule has 0 aromatic heterocycles. The molecule has 1 aromatic rings. The molecule has 2 rings (SSSR count). The molecule has 2 atom stereocenters. The van der Waals surface area contributed by atoms with Crippen molar-refractivity contribution in [2.45, 2.75) is 26.0 Å². The number of hydrogen-bond donors (Lipinski definition) is 0. The molecule has 1 fully saturated rings. The predicted octanol–water partition coefficient (Wildman–Crippen LogP) is 2.63. The largest absolute Gasteiger partial charge is 0.376 e. The topological polar surface area (TPSA) is 29.5 Å². The van der Waals surface area contributed by atoms with E-state index in [1.54, 1.807) is 24.3 Å². The van der Waals surface area contributed by atoms with Crippen LogP contribution in [-0.2, 0) is 4.74 Å². The van der Waals surface area contributed by atoms with E-state index in [0.29, 0.717) is 23.7 Å². The zero-order chi connectivity index (χ0) is 13.1. The van der Waals surface area contributed by atoms with E-state index in [4.69, 9.17) is 16.3 Å². The second-order valence-corrected chi connectivity index (χ2v) is 5.29. The number of nitrogens with zero attached hydrogens (tertiary/aromatic N) is 1. The van der Waals surface area contributed by atoms with Gasteiger partial charge in [-0.1, -0.05) is 11.6 Å². The third-order valence-corrected chi connectivity index (χ3v) is 3.50. The first-order chi connectivity index (χ1) is 8.56. The number of hydrogen-bond acceptors (Lipinski definition) is 3. The summed E-state index contributed by atoms with van der Waals surface area (Å²) in [5, 5.41) is 0.653. The van der Waals surface area contributed by atoms with Crippen LogP contribution in [0.25, 0.3) is 0 Å². The molecule has 0 bridgehead atoms. The summed E-state index contributed by atoms with van der Waals surface area (Å²) in [6.07, 6.45) is 0.194. The maximum Gasteiger partial charge on any atom is 0.176 e. The van der Waals surface area contributed by atoms with Crippen LogP contribution < -0.4 is 0 Å². The minimum Gasteiger partial charge on any atom is -0.376 e. The van der Waals surface area contributed by atoms with Crippen LogP contribution >= 0.6 is 11.6 Å². The fourth-order valence-electron chi connectivity index (χ4n) is 2.10. The summed E-state index contributed by atoms with van der Waals surface area (Å²) >= 11 is 5.81.